The van der Waals surface area contributed by atoms with Gasteiger partial charge in [-0.15, -0.1) is 0 Å². The summed E-state index contributed by atoms with van der Waals surface area (Å²) in [7, 11) is 0. The van der Waals surface area contributed by atoms with Crippen molar-refractivity contribution in [2.75, 3.05) is 26.3 Å². The zero-order valence-electron chi connectivity index (χ0n) is 14.6. The van der Waals surface area contributed by atoms with Gasteiger partial charge < -0.3 is 15.8 Å². The number of hydrogen-bond donors (Lipinski definition) is 2. The van der Waals surface area contributed by atoms with Crippen LogP contribution >= 0.6 is 0 Å². The van der Waals surface area contributed by atoms with Gasteiger partial charge in [0.05, 0.1) is 13.2 Å². The highest BCUT2D eigenvalue weighted by Crippen LogP contribution is 2.38. The van der Waals surface area contributed by atoms with E-state index in [2.05, 4.69) is 17.1 Å². The Labute approximate surface area is 140 Å². The number of carbonyl (C=O) groups is 1. The van der Waals surface area contributed by atoms with Crippen molar-refractivity contribution < 1.29 is 9.53 Å². The third kappa shape index (κ3) is 3.72. The summed E-state index contributed by atoms with van der Waals surface area (Å²) in [6.07, 6.45) is 8.88. The van der Waals surface area contributed by atoms with Crippen molar-refractivity contribution in [3.8, 4) is 0 Å². The average molecular weight is 323 g/mol. The molecule has 132 valence electrons. The van der Waals surface area contributed by atoms with E-state index in [0.29, 0.717) is 12.3 Å². The van der Waals surface area contributed by atoms with E-state index < -0.39 is 0 Å². The molecule has 3 fully saturated rings. The number of rotatable bonds is 5. The minimum absolute atomic E-state index is 0.136. The molecule has 1 amide bonds. The Morgan fingerprint density at radius 3 is 2.57 bits per heavy atom. The van der Waals surface area contributed by atoms with E-state index in [1.165, 1.54) is 32.1 Å². The van der Waals surface area contributed by atoms with Crippen molar-refractivity contribution in [1.82, 2.24) is 10.2 Å². The van der Waals surface area contributed by atoms with Crippen LogP contribution in [0.3, 0.4) is 0 Å². The molecule has 0 aromatic carbocycles. The number of amides is 1. The number of hydrogen-bond acceptors (Lipinski definition) is 4. The number of morpholine rings is 1. The molecule has 1 heterocycles. The quantitative estimate of drug-likeness (QED) is 0.807. The highest BCUT2D eigenvalue weighted by atomic mass is 16.5. The molecule has 0 bridgehead atoms. The van der Waals surface area contributed by atoms with Crippen LogP contribution in [0.25, 0.3) is 0 Å². The first-order valence-electron chi connectivity index (χ1n) is 9.49. The molecular weight excluding hydrogens is 290 g/mol. The van der Waals surface area contributed by atoms with Gasteiger partial charge in [-0.2, -0.15) is 0 Å². The van der Waals surface area contributed by atoms with E-state index in [0.717, 1.165) is 39.1 Å². The molecule has 0 spiro atoms. The molecule has 1 unspecified atom stereocenters. The molecular formula is C18H33N3O2. The van der Waals surface area contributed by atoms with Crippen molar-refractivity contribution in [2.24, 2.45) is 11.7 Å². The summed E-state index contributed by atoms with van der Waals surface area (Å²) in [4.78, 5) is 15.1. The van der Waals surface area contributed by atoms with Crippen molar-refractivity contribution in [1.29, 1.82) is 0 Å². The van der Waals surface area contributed by atoms with Crippen LogP contribution < -0.4 is 11.1 Å². The van der Waals surface area contributed by atoms with Crippen LogP contribution in [0.4, 0.5) is 0 Å². The van der Waals surface area contributed by atoms with E-state index in [9.17, 15) is 4.79 Å². The lowest BCUT2D eigenvalue weighted by molar-refractivity contribution is -0.124. The molecule has 0 aromatic rings. The predicted molar refractivity (Wildman–Crippen MR) is 91.1 cm³/mol. The van der Waals surface area contributed by atoms with Gasteiger partial charge >= 0.3 is 0 Å². The van der Waals surface area contributed by atoms with Gasteiger partial charge in [0, 0.05) is 37.1 Å². The molecule has 23 heavy (non-hydrogen) atoms. The summed E-state index contributed by atoms with van der Waals surface area (Å²) in [5.41, 5.74) is 6.26. The van der Waals surface area contributed by atoms with Crippen LogP contribution in [0, 0.1) is 5.92 Å². The summed E-state index contributed by atoms with van der Waals surface area (Å²) >= 11 is 0. The minimum Gasteiger partial charge on any atom is -0.379 e. The van der Waals surface area contributed by atoms with Gasteiger partial charge in [-0.05, 0) is 38.5 Å². The Kier molecular flexibility index (Phi) is 5.60. The van der Waals surface area contributed by atoms with E-state index in [1.54, 1.807) is 0 Å². The van der Waals surface area contributed by atoms with Gasteiger partial charge in [-0.25, -0.2) is 0 Å². The first-order chi connectivity index (χ1) is 11.1. The lowest BCUT2D eigenvalue weighted by Gasteiger charge is -2.47. The highest BCUT2D eigenvalue weighted by Gasteiger charge is 2.45. The third-order valence-corrected chi connectivity index (χ3v) is 6.46. The molecule has 1 aliphatic heterocycles. The predicted octanol–water partition coefficient (Wildman–Crippen LogP) is 1.65. The summed E-state index contributed by atoms with van der Waals surface area (Å²) in [5, 5.41) is 3.33. The topological polar surface area (TPSA) is 67.6 Å². The summed E-state index contributed by atoms with van der Waals surface area (Å²) in [5.74, 6) is 0.574. The maximum absolute atomic E-state index is 12.5. The van der Waals surface area contributed by atoms with Crippen molar-refractivity contribution in [3.05, 3.63) is 0 Å². The van der Waals surface area contributed by atoms with E-state index in [-0.39, 0.29) is 23.5 Å². The zero-order valence-corrected chi connectivity index (χ0v) is 14.6. The molecule has 2 saturated carbocycles. The maximum atomic E-state index is 12.5. The van der Waals surface area contributed by atoms with Crippen LogP contribution in [0.15, 0.2) is 0 Å². The number of ether oxygens (including phenoxy) is 1. The van der Waals surface area contributed by atoms with Crippen molar-refractivity contribution in [3.63, 3.8) is 0 Å². The zero-order chi connectivity index (χ0) is 16.3. The molecule has 5 nitrogen and oxygen atoms in total. The Morgan fingerprint density at radius 2 is 1.96 bits per heavy atom. The third-order valence-electron chi connectivity index (χ3n) is 6.46. The second-order valence-corrected chi connectivity index (χ2v) is 7.76. The van der Waals surface area contributed by atoms with Gasteiger partial charge in [0.1, 0.15) is 0 Å². The Bertz CT molecular complexity index is 403. The molecule has 3 rings (SSSR count). The largest absolute Gasteiger partial charge is 0.379 e. The Morgan fingerprint density at radius 1 is 1.26 bits per heavy atom. The number of nitrogens with two attached hydrogens (primary N) is 1. The van der Waals surface area contributed by atoms with E-state index >= 15 is 0 Å². The van der Waals surface area contributed by atoms with Crippen molar-refractivity contribution >= 4 is 5.91 Å². The second-order valence-electron chi connectivity index (χ2n) is 7.76. The van der Waals surface area contributed by atoms with Crippen LogP contribution in [-0.2, 0) is 9.53 Å². The van der Waals surface area contributed by atoms with Crippen molar-refractivity contribution in [2.45, 2.75) is 75.9 Å². The van der Waals surface area contributed by atoms with Gasteiger partial charge in [0.15, 0.2) is 0 Å². The Hall–Kier alpha value is -0.650. The first-order valence-corrected chi connectivity index (χ1v) is 9.49. The lowest BCUT2D eigenvalue weighted by Crippen LogP contribution is -2.62. The standard InChI is InChI=1S/C18H33N3O2/c1-14(20-17(22)13-15-5-4-6-16(15)19)18(7-2-3-8-18)21-9-11-23-12-10-21/h14-16H,2-13,19H2,1H3,(H,20,22)/t14?,15-,16+/m0/s1. The van der Waals surface area contributed by atoms with Crippen LogP contribution in [0.5, 0.6) is 0 Å². The number of carbonyl (C=O) groups excluding carboxylic acids is 1. The number of nitrogens with one attached hydrogen (secondary N) is 1. The fourth-order valence-corrected chi connectivity index (χ4v) is 5.01. The van der Waals surface area contributed by atoms with E-state index in [4.69, 9.17) is 10.5 Å². The molecule has 3 N–H and O–H groups in total. The van der Waals surface area contributed by atoms with Gasteiger partial charge in [-0.1, -0.05) is 19.3 Å². The molecule has 2 aliphatic carbocycles. The smallest absolute Gasteiger partial charge is 0.220 e. The SMILES string of the molecule is CC(NC(=O)C[C@@H]1CCC[C@H]1N)C1(N2CCOCC2)CCCC1. The molecule has 0 radical (unpaired) electrons. The first kappa shape index (κ1) is 17.2. The average Bonchev–Trinajstić information content (AvgIpc) is 3.19. The fraction of sp³-hybridized carbons (Fsp3) is 0.944. The van der Waals surface area contributed by atoms with Gasteiger partial charge in [-0.3, -0.25) is 9.69 Å². The molecule has 3 aliphatic rings. The highest BCUT2D eigenvalue weighted by molar-refractivity contribution is 5.76. The van der Waals surface area contributed by atoms with Crippen LogP contribution in [0.1, 0.15) is 58.3 Å². The van der Waals surface area contributed by atoms with Crippen LogP contribution in [-0.4, -0.2) is 54.7 Å². The fourth-order valence-electron chi connectivity index (χ4n) is 5.01. The molecule has 0 aromatic heterocycles. The minimum atomic E-state index is 0.136. The second kappa shape index (κ2) is 7.49. The molecule has 3 atom stereocenters. The maximum Gasteiger partial charge on any atom is 0.220 e. The summed E-state index contributed by atoms with van der Waals surface area (Å²) < 4.78 is 5.52. The normalized spacial score (nSPS) is 32.8. The van der Waals surface area contributed by atoms with Crippen LogP contribution in [0.2, 0.25) is 0 Å². The lowest BCUT2D eigenvalue weighted by atomic mass is 9.86. The summed E-state index contributed by atoms with van der Waals surface area (Å²) in [6, 6.07) is 0.420. The van der Waals surface area contributed by atoms with Gasteiger partial charge in [0.25, 0.3) is 0 Å². The Balaban J connectivity index is 1.59. The van der Waals surface area contributed by atoms with E-state index in [1.807, 2.05) is 0 Å². The number of nitrogens with zero attached hydrogens (tertiary/aromatic N) is 1. The van der Waals surface area contributed by atoms with Gasteiger partial charge in [0.2, 0.25) is 5.91 Å². The molecule has 5 heteroatoms. The summed E-state index contributed by atoms with van der Waals surface area (Å²) in [6.45, 7) is 5.83. The molecule has 1 saturated heterocycles. The monoisotopic (exact) mass is 323 g/mol.